The van der Waals surface area contributed by atoms with Crippen LogP contribution in [0, 0.1) is 5.82 Å². The fourth-order valence-corrected chi connectivity index (χ4v) is 4.06. The van der Waals surface area contributed by atoms with E-state index in [4.69, 9.17) is 11.6 Å². The largest absolute Gasteiger partial charge is 0.326 e. The van der Waals surface area contributed by atoms with Crippen LogP contribution < -0.4 is 10.2 Å². The van der Waals surface area contributed by atoms with E-state index in [1.807, 2.05) is 12.1 Å². The summed E-state index contributed by atoms with van der Waals surface area (Å²) in [6.07, 6.45) is 1.49. The van der Waals surface area contributed by atoms with Gasteiger partial charge in [-0.1, -0.05) is 17.7 Å². The number of anilines is 3. The average molecular weight is 455 g/mol. The van der Waals surface area contributed by atoms with E-state index in [0.29, 0.717) is 22.8 Å². The van der Waals surface area contributed by atoms with Crippen LogP contribution in [0.5, 0.6) is 0 Å². The second-order valence-electron chi connectivity index (χ2n) is 6.72. The summed E-state index contributed by atoms with van der Waals surface area (Å²) in [6, 6.07) is 12.6. The maximum absolute atomic E-state index is 13.2. The number of nitrogens with one attached hydrogen (secondary N) is 1. The average Bonchev–Trinajstić information content (AvgIpc) is 3.18. The van der Waals surface area contributed by atoms with Crippen LogP contribution in [0.25, 0.3) is 10.2 Å². The SMILES string of the molecule is CC(=O)N(c1ccc2ncsc2c1)c1cc(NC(=O)Cc2ccc(F)cc2Cl)ccn1. The topological polar surface area (TPSA) is 75.2 Å². The van der Waals surface area contributed by atoms with Crippen molar-refractivity contribution < 1.29 is 14.0 Å². The molecule has 2 aromatic carbocycles. The van der Waals surface area contributed by atoms with Crippen LogP contribution in [0.3, 0.4) is 0 Å². The number of hydrogen-bond donors (Lipinski definition) is 1. The summed E-state index contributed by atoms with van der Waals surface area (Å²) >= 11 is 7.48. The first-order chi connectivity index (χ1) is 14.9. The highest BCUT2D eigenvalue weighted by atomic mass is 35.5. The Labute approximate surface area is 186 Å². The number of aromatic nitrogens is 2. The molecule has 0 radical (unpaired) electrons. The molecule has 0 spiro atoms. The predicted octanol–water partition coefficient (Wildman–Crippen LogP) is 5.35. The third-order valence-electron chi connectivity index (χ3n) is 4.51. The van der Waals surface area contributed by atoms with E-state index in [9.17, 15) is 14.0 Å². The van der Waals surface area contributed by atoms with Crippen molar-refractivity contribution >= 4 is 62.2 Å². The van der Waals surface area contributed by atoms with Crippen LogP contribution in [0.1, 0.15) is 12.5 Å². The molecule has 0 saturated carbocycles. The fraction of sp³-hybridized carbons (Fsp3) is 0.0909. The molecule has 4 aromatic rings. The van der Waals surface area contributed by atoms with Gasteiger partial charge < -0.3 is 5.32 Å². The summed E-state index contributed by atoms with van der Waals surface area (Å²) in [7, 11) is 0. The van der Waals surface area contributed by atoms with E-state index >= 15 is 0 Å². The number of amides is 2. The quantitative estimate of drug-likeness (QED) is 0.441. The van der Waals surface area contributed by atoms with E-state index in [1.165, 1.54) is 47.6 Å². The van der Waals surface area contributed by atoms with Crippen LogP contribution >= 0.6 is 22.9 Å². The van der Waals surface area contributed by atoms with Gasteiger partial charge >= 0.3 is 0 Å². The Morgan fingerprint density at radius 3 is 2.74 bits per heavy atom. The highest BCUT2D eigenvalue weighted by molar-refractivity contribution is 7.16. The summed E-state index contributed by atoms with van der Waals surface area (Å²) in [5.74, 6) is -0.646. The van der Waals surface area contributed by atoms with Gasteiger partial charge in [-0.3, -0.25) is 14.5 Å². The molecule has 156 valence electrons. The Kier molecular flexibility index (Phi) is 5.92. The van der Waals surface area contributed by atoms with Crippen LogP contribution in [0.4, 0.5) is 21.6 Å². The van der Waals surface area contributed by atoms with Gasteiger partial charge in [0.05, 0.1) is 27.8 Å². The lowest BCUT2D eigenvalue weighted by Crippen LogP contribution is -2.24. The lowest BCUT2D eigenvalue weighted by molar-refractivity contribution is -0.116. The molecule has 1 N–H and O–H groups in total. The highest BCUT2D eigenvalue weighted by Gasteiger charge is 2.17. The number of nitrogens with zero attached hydrogens (tertiary/aromatic N) is 3. The maximum atomic E-state index is 13.2. The van der Waals surface area contributed by atoms with Crippen molar-refractivity contribution in [3.63, 3.8) is 0 Å². The zero-order chi connectivity index (χ0) is 22.0. The number of hydrogen-bond acceptors (Lipinski definition) is 5. The van der Waals surface area contributed by atoms with Gasteiger partial charge in [0.25, 0.3) is 0 Å². The molecule has 6 nitrogen and oxygen atoms in total. The molecule has 0 aliphatic rings. The van der Waals surface area contributed by atoms with Crippen molar-refractivity contribution in [3.8, 4) is 0 Å². The number of halogens is 2. The standard InChI is InChI=1S/C22H16ClFN4O2S/c1-13(29)28(17-4-5-19-20(11-17)31-12-26-19)21-10-16(6-7-25-21)27-22(30)8-14-2-3-15(24)9-18(14)23/h2-7,9-12H,8H2,1H3,(H,25,27,30). The van der Waals surface area contributed by atoms with Gasteiger partial charge in [0.2, 0.25) is 11.8 Å². The van der Waals surface area contributed by atoms with Crippen molar-refractivity contribution in [1.29, 1.82) is 0 Å². The summed E-state index contributed by atoms with van der Waals surface area (Å²) in [4.78, 5) is 34.9. The van der Waals surface area contributed by atoms with Gasteiger partial charge in [0, 0.05) is 29.9 Å². The van der Waals surface area contributed by atoms with Crippen LogP contribution in [0.2, 0.25) is 5.02 Å². The van der Waals surface area contributed by atoms with Gasteiger partial charge in [-0.2, -0.15) is 0 Å². The number of fused-ring (bicyclic) bond motifs is 1. The molecule has 4 rings (SSSR count). The molecule has 0 atom stereocenters. The van der Waals surface area contributed by atoms with Crippen LogP contribution in [0.15, 0.2) is 60.2 Å². The Hall–Kier alpha value is -3.36. The lowest BCUT2D eigenvalue weighted by Gasteiger charge is -2.21. The Balaban J connectivity index is 1.57. The number of thiazole rings is 1. The molecule has 0 fully saturated rings. The van der Waals surface area contributed by atoms with Crippen LogP contribution in [-0.4, -0.2) is 21.8 Å². The number of carbonyl (C=O) groups is 2. The van der Waals surface area contributed by atoms with E-state index in [2.05, 4.69) is 15.3 Å². The monoisotopic (exact) mass is 454 g/mol. The maximum Gasteiger partial charge on any atom is 0.229 e. The minimum Gasteiger partial charge on any atom is -0.326 e. The minimum absolute atomic E-state index is 0.0186. The Morgan fingerprint density at radius 1 is 1.13 bits per heavy atom. The van der Waals surface area contributed by atoms with Crippen molar-refractivity contribution in [3.05, 3.63) is 76.6 Å². The van der Waals surface area contributed by atoms with Gasteiger partial charge in [-0.25, -0.2) is 14.4 Å². The molecule has 0 unspecified atom stereocenters. The smallest absolute Gasteiger partial charge is 0.229 e. The van der Waals surface area contributed by atoms with Gasteiger partial charge in [0.15, 0.2) is 0 Å². The minimum atomic E-state index is -0.464. The third-order valence-corrected chi connectivity index (χ3v) is 5.66. The normalized spacial score (nSPS) is 10.8. The van der Waals surface area contributed by atoms with E-state index < -0.39 is 5.82 Å². The van der Waals surface area contributed by atoms with E-state index in [0.717, 1.165) is 10.2 Å². The second-order valence-corrected chi connectivity index (χ2v) is 8.02. The second kappa shape index (κ2) is 8.79. The molecular weight excluding hydrogens is 439 g/mol. The van der Waals surface area contributed by atoms with Gasteiger partial charge in [-0.05, 0) is 42.0 Å². The zero-order valence-corrected chi connectivity index (χ0v) is 17.9. The third kappa shape index (κ3) is 4.70. The molecular formula is C22H16ClFN4O2S. The first-order valence-corrected chi connectivity index (χ1v) is 10.5. The molecule has 9 heteroatoms. The van der Waals surface area contributed by atoms with Crippen molar-refractivity contribution in [1.82, 2.24) is 9.97 Å². The molecule has 2 heterocycles. The molecule has 0 bridgehead atoms. The first-order valence-electron chi connectivity index (χ1n) is 9.24. The number of benzene rings is 2. The van der Waals surface area contributed by atoms with E-state index in [1.54, 1.807) is 23.7 Å². The van der Waals surface area contributed by atoms with Crippen molar-refractivity contribution in [2.75, 3.05) is 10.2 Å². The Morgan fingerprint density at radius 2 is 1.97 bits per heavy atom. The van der Waals surface area contributed by atoms with Crippen molar-refractivity contribution in [2.24, 2.45) is 0 Å². The number of rotatable bonds is 5. The number of carbonyl (C=O) groups excluding carboxylic acids is 2. The summed E-state index contributed by atoms with van der Waals surface area (Å²) in [5.41, 5.74) is 4.23. The summed E-state index contributed by atoms with van der Waals surface area (Å²) in [6.45, 7) is 1.44. The van der Waals surface area contributed by atoms with Crippen LogP contribution in [-0.2, 0) is 16.0 Å². The van der Waals surface area contributed by atoms with Gasteiger partial charge in [-0.15, -0.1) is 11.3 Å². The van der Waals surface area contributed by atoms with Crippen molar-refractivity contribution in [2.45, 2.75) is 13.3 Å². The molecule has 0 aliphatic carbocycles. The molecule has 0 saturated heterocycles. The fourth-order valence-electron chi connectivity index (χ4n) is 3.12. The molecule has 2 aromatic heterocycles. The predicted molar refractivity (Wildman–Crippen MR) is 120 cm³/mol. The Bertz CT molecular complexity index is 1290. The first kappa shape index (κ1) is 20.9. The molecule has 2 amide bonds. The summed E-state index contributed by atoms with van der Waals surface area (Å²) in [5, 5.41) is 2.95. The highest BCUT2D eigenvalue weighted by Crippen LogP contribution is 2.30. The lowest BCUT2D eigenvalue weighted by atomic mass is 10.1. The number of pyridine rings is 1. The molecule has 31 heavy (non-hydrogen) atoms. The molecule has 0 aliphatic heterocycles. The zero-order valence-electron chi connectivity index (χ0n) is 16.3. The van der Waals surface area contributed by atoms with E-state index in [-0.39, 0.29) is 23.3 Å². The van der Waals surface area contributed by atoms with Gasteiger partial charge in [0.1, 0.15) is 11.6 Å². The summed E-state index contributed by atoms with van der Waals surface area (Å²) < 4.78 is 14.1.